The summed E-state index contributed by atoms with van der Waals surface area (Å²) in [6.45, 7) is 0. The van der Waals surface area contributed by atoms with E-state index in [1.54, 1.807) is 12.1 Å². The minimum atomic E-state index is -0.465. The number of rotatable bonds is 3. The van der Waals surface area contributed by atoms with Gasteiger partial charge in [0, 0.05) is 11.4 Å². The number of ether oxygens (including phenoxy) is 1. The Kier molecular flexibility index (Phi) is 3.49. The molecule has 1 heterocycles. The van der Waals surface area contributed by atoms with E-state index in [0.29, 0.717) is 17.2 Å². The molecule has 0 spiro atoms. The molecule has 0 atom stereocenters. The topological polar surface area (TPSA) is 39.4 Å². The first-order valence-electron chi connectivity index (χ1n) is 5.10. The summed E-state index contributed by atoms with van der Waals surface area (Å²) in [4.78, 5) is 11.2. The van der Waals surface area contributed by atoms with Crippen molar-refractivity contribution in [2.45, 2.75) is 6.42 Å². The molecule has 1 aromatic heterocycles. The normalized spacial score (nSPS) is 10.2. The average Bonchev–Trinajstić information content (AvgIpc) is 2.80. The van der Waals surface area contributed by atoms with Crippen LogP contribution in [0.15, 0.2) is 40.8 Å². The maximum Gasteiger partial charge on any atom is 0.373 e. The third-order valence-corrected chi connectivity index (χ3v) is 2.59. The van der Waals surface area contributed by atoms with Crippen LogP contribution in [0.2, 0.25) is 5.02 Å². The Balaban J connectivity index is 2.11. The Morgan fingerprint density at radius 1 is 1.24 bits per heavy atom. The number of esters is 1. The number of methoxy groups -OCH3 is 1. The van der Waals surface area contributed by atoms with Gasteiger partial charge in [-0.05, 0) is 29.8 Å². The van der Waals surface area contributed by atoms with Gasteiger partial charge < -0.3 is 9.15 Å². The predicted molar refractivity (Wildman–Crippen MR) is 64.3 cm³/mol. The van der Waals surface area contributed by atoms with Crippen LogP contribution in [0.4, 0.5) is 0 Å². The summed E-state index contributed by atoms with van der Waals surface area (Å²) in [6, 6.07) is 10.9. The van der Waals surface area contributed by atoms with Gasteiger partial charge in [0.1, 0.15) is 5.76 Å². The van der Waals surface area contributed by atoms with Crippen LogP contribution in [0.25, 0.3) is 0 Å². The van der Waals surface area contributed by atoms with Gasteiger partial charge in [0.25, 0.3) is 0 Å². The molecule has 0 amide bonds. The van der Waals surface area contributed by atoms with E-state index in [9.17, 15) is 4.79 Å². The van der Waals surface area contributed by atoms with Gasteiger partial charge in [-0.2, -0.15) is 0 Å². The number of carbonyl (C=O) groups excluding carboxylic acids is 1. The SMILES string of the molecule is COC(=O)c1ccc(Cc2ccc(Cl)cc2)o1. The van der Waals surface area contributed by atoms with Crippen LogP contribution in [0.1, 0.15) is 21.9 Å². The van der Waals surface area contributed by atoms with E-state index >= 15 is 0 Å². The average molecular weight is 251 g/mol. The first kappa shape index (κ1) is 11.7. The predicted octanol–water partition coefficient (Wildman–Crippen LogP) is 3.31. The van der Waals surface area contributed by atoms with E-state index in [-0.39, 0.29) is 5.76 Å². The second-order valence-electron chi connectivity index (χ2n) is 3.56. The number of halogens is 1. The second kappa shape index (κ2) is 5.06. The third-order valence-electron chi connectivity index (χ3n) is 2.34. The van der Waals surface area contributed by atoms with E-state index in [2.05, 4.69) is 4.74 Å². The van der Waals surface area contributed by atoms with Crippen LogP contribution in [0.5, 0.6) is 0 Å². The van der Waals surface area contributed by atoms with E-state index in [0.717, 1.165) is 5.56 Å². The fraction of sp³-hybridized carbons (Fsp3) is 0.154. The van der Waals surface area contributed by atoms with Gasteiger partial charge in [-0.1, -0.05) is 23.7 Å². The lowest BCUT2D eigenvalue weighted by atomic mass is 10.1. The molecule has 0 aliphatic rings. The highest BCUT2D eigenvalue weighted by molar-refractivity contribution is 6.30. The summed E-state index contributed by atoms with van der Waals surface area (Å²) in [7, 11) is 1.32. The summed E-state index contributed by atoms with van der Waals surface area (Å²) >= 11 is 5.79. The number of benzene rings is 1. The van der Waals surface area contributed by atoms with Gasteiger partial charge in [-0.15, -0.1) is 0 Å². The zero-order chi connectivity index (χ0) is 12.3. The van der Waals surface area contributed by atoms with Crippen molar-refractivity contribution in [3.05, 3.63) is 58.5 Å². The quantitative estimate of drug-likeness (QED) is 0.785. The monoisotopic (exact) mass is 250 g/mol. The van der Waals surface area contributed by atoms with E-state index in [4.69, 9.17) is 16.0 Å². The van der Waals surface area contributed by atoms with Crippen molar-refractivity contribution < 1.29 is 13.9 Å². The molecule has 0 bridgehead atoms. The maximum absolute atomic E-state index is 11.2. The van der Waals surface area contributed by atoms with E-state index in [1.807, 2.05) is 24.3 Å². The molecule has 88 valence electrons. The fourth-order valence-electron chi connectivity index (χ4n) is 1.49. The van der Waals surface area contributed by atoms with E-state index in [1.165, 1.54) is 7.11 Å². The highest BCUT2D eigenvalue weighted by Gasteiger charge is 2.11. The highest BCUT2D eigenvalue weighted by Crippen LogP contribution is 2.16. The van der Waals surface area contributed by atoms with Crippen molar-refractivity contribution in [2.75, 3.05) is 7.11 Å². The smallest absolute Gasteiger partial charge is 0.373 e. The van der Waals surface area contributed by atoms with Crippen LogP contribution < -0.4 is 0 Å². The standard InChI is InChI=1S/C13H11ClO3/c1-16-13(15)12-7-6-11(17-12)8-9-2-4-10(14)5-3-9/h2-7H,8H2,1H3. The molecule has 17 heavy (non-hydrogen) atoms. The summed E-state index contributed by atoms with van der Waals surface area (Å²) in [5.41, 5.74) is 1.07. The molecular formula is C13H11ClO3. The molecule has 0 N–H and O–H groups in total. The van der Waals surface area contributed by atoms with Crippen LogP contribution in [0, 0.1) is 0 Å². The van der Waals surface area contributed by atoms with Gasteiger partial charge in [0.05, 0.1) is 7.11 Å². The molecule has 0 radical (unpaired) electrons. The first-order chi connectivity index (χ1) is 8.19. The zero-order valence-corrected chi connectivity index (χ0v) is 10.0. The molecular weight excluding hydrogens is 240 g/mol. The Morgan fingerprint density at radius 3 is 2.59 bits per heavy atom. The largest absolute Gasteiger partial charge is 0.463 e. The Labute approximate surface area is 104 Å². The van der Waals surface area contributed by atoms with Crippen molar-refractivity contribution in [1.82, 2.24) is 0 Å². The summed E-state index contributed by atoms with van der Waals surface area (Å²) in [5, 5.41) is 0.698. The molecule has 2 aromatic rings. The lowest BCUT2D eigenvalue weighted by molar-refractivity contribution is 0.0563. The minimum Gasteiger partial charge on any atom is -0.463 e. The van der Waals surface area contributed by atoms with Gasteiger partial charge in [-0.3, -0.25) is 0 Å². The molecule has 0 saturated heterocycles. The van der Waals surface area contributed by atoms with Crippen molar-refractivity contribution in [3.8, 4) is 0 Å². The molecule has 3 nitrogen and oxygen atoms in total. The van der Waals surface area contributed by atoms with Gasteiger partial charge >= 0.3 is 5.97 Å². The van der Waals surface area contributed by atoms with Crippen LogP contribution >= 0.6 is 11.6 Å². The van der Waals surface area contributed by atoms with Crippen molar-refractivity contribution in [2.24, 2.45) is 0 Å². The van der Waals surface area contributed by atoms with Gasteiger partial charge in [0.15, 0.2) is 0 Å². The third kappa shape index (κ3) is 2.88. The van der Waals surface area contributed by atoms with Gasteiger partial charge in [-0.25, -0.2) is 4.79 Å². The molecule has 0 aliphatic heterocycles. The highest BCUT2D eigenvalue weighted by atomic mass is 35.5. The van der Waals surface area contributed by atoms with Crippen molar-refractivity contribution in [3.63, 3.8) is 0 Å². The molecule has 0 fully saturated rings. The van der Waals surface area contributed by atoms with Crippen molar-refractivity contribution in [1.29, 1.82) is 0 Å². The molecule has 4 heteroatoms. The second-order valence-corrected chi connectivity index (χ2v) is 4.00. The first-order valence-corrected chi connectivity index (χ1v) is 5.48. The number of hydrogen-bond acceptors (Lipinski definition) is 3. The minimum absolute atomic E-state index is 0.219. The summed E-state index contributed by atoms with van der Waals surface area (Å²) in [6.07, 6.45) is 0.619. The van der Waals surface area contributed by atoms with Crippen LogP contribution in [-0.4, -0.2) is 13.1 Å². The number of carbonyl (C=O) groups is 1. The zero-order valence-electron chi connectivity index (χ0n) is 9.27. The lowest BCUT2D eigenvalue weighted by Crippen LogP contribution is -1.98. The summed E-state index contributed by atoms with van der Waals surface area (Å²) in [5.74, 6) is 0.469. The van der Waals surface area contributed by atoms with Gasteiger partial charge in [0.2, 0.25) is 5.76 Å². The maximum atomic E-state index is 11.2. The lowest BCUT2D eigenvalue weighted by Gasteiger charge is -1.98. The summed E-state index contributed by atoms with van der Waals surface area (Å²) < 4.78 is 9.93. The van der Waals surface area contributed by atoms with Crippen molar-refractivity contribution >= 4 is 17.6 Å². The number of furan rings is 1. The Morgan fingerprint density at radius 2 is 1.94 bits per heavy atom. The molecule has 0 unspecified atom stereocenters. The molecule has 1 aromatic carbocycles. The Hall–Kier alpha value is -1.74. The van der Waals surface area contributed by atoms with E-state index < -0.39 is 5.97 Å². The Bertz CT molecular complexity index is 514. The molecule has 2 rings (SSSR count). The fourth-order valence-corrected chi connectivity index (χ4v) is 1.61. The number of hydrogen-bond donors (Lipinski definition) is 0. The van der Waals surface area contributed by atoms with Crippen LogP contribution in [0.3, 0.4) is 0 Å². The molecule has 0 saturated carbocycles. The molecule has 0 aliphatic carbocycles. The van der Waals surface area contributed by atoms with Crippen LogP contribution in [-0.2, 0) is 11.2 Å².